The number of carbonyl (C=O) groups is 1. The number of ether oxygens (including phenoxy) is 1. The van der Waals surface area contributed by atoms with Crippen molar-refractivity contribution in [2.45, 2.75) is 110 Å². The molecule has 0 aromatic heterocycles. The third kappa shape index (κ3) is 13.9. The van der Waals surface area contributed by atoms with Crippen molar-refractivity contribution in [1.82, 2.24) is 0 Å². The van der Waals surface area contributed by atoms with Crippen molar-refractivity contribution in [1.29, 1.82) is 0 Å². The molecular weight excluding hydrogens is 308 g/mol. The Bertz CT molecular complexity index is 364. The molecule has 0 unspecified atom stereocenters. The van der Waals surface area contributed by atoms with Crippen molar-refractivity contribution in [2.24, 2.45) is 5.92 Å². The second kappa shape index (κ2) is 16.4. The maximum absolute atomic E-state index is 11.6. The van der Waals surface area contributed by atoms with E-state index in [-0.39, 0.29) is 5.97 Å². The van der Waals surface area contributed by atoms with Crippen molar-refractivity contribution in [3.63, 3.8) is 0 Å². The summed E-state index contributed by atoms with van der Waals surface area (Å²) in [5.74, 6) is 0.349. The van der Waals surface area contributed by atoms with E-state index < -0.39 is 0 Å². The molecule has 0 saturated heterocycles. The van der Waals surface area contributed by atoms with Crippen molar-refractivity contribution in [3.05, 3.63) is 24.5 Å². The Morgan fingerprint density at radius 3 is 2.12 bits per heavy atom. The highest BCUT2D eigenvalue weighted by molar-refractivity contribution is 5.82. The zero-order valence-corrected chi connectivity index (χ0v) is 16.5. The van der Waals surface area contributed by atoms with E-state index in [0.29, 0.717) is 5.92 Å². The summed E-state index contributed by atoms with van der Waals surface area (Å²) in [5, 5.41) is 0. The molecule has 1 saturated carbocycles. The Morgan fingerprint density at radius 2 is 1.48 bits per heavy atom. The lowest BCUT2D eigenvalue weighted by Crippen LogP contribution is -2.04. The van der Waals surface area contributed by atoms with Crippen molar-refractivity contribution < 1.29 is 9.53 Å². The normalized spacial score (nSPS) is 16.0. The third-order valence-corrected chi connectivity index (χ3v) is 5.16. The van der Waals surface area contributed by atoms with Gasteiger partial charge in [0.1, 0.15) is 0 Å². The number of carbonyl (C=O) groups excluding carboxylic acids is 1. The number of unbranched alkanes of at least 4 members (excludes halogenated alkanes) is 10. The molecule has 0 bridgehead atoms. The molecule has 1 rings (SSSR count). The molecule has 0 spiro atoms. The van der Waals surface area contributed by atoms with Gasteiger partial charge in [0, 0.05) is 6.08 Å². The number of hydrogen-bond acceptors (Lipinski definition) is 2. The van der Waals surface area contributed by atoms with E-state index in [1.54, 1.807) is 12.3 Å². The lowest BCUT2D eigenvalue weighted by atomic mass is 9.89. The standard InChI is InChI=1S/C23H40O2/c1-2-3-4-5-6-7-8-9-10-11-12-16-21-25-23(24)20-19-22-17-14-13-15-18-22/h16,19-22H,2-15,17-18H2,1H3/b20-19?,21-16-. The van der Waals surface area contributed by atoms with Crippen molar-refractivity contribution in [3.8, 4) is 0 Å². The molecule has 0 aromatic rings. The average Bonchev–Trinajstić information content (AvgIpc) is 2.64. The van der Waals surface area contributed by atoms with E-state index in [4.69, 9.17) is 4.74 Å². The molecule has 1 aliphatic carbocycles. The van der Waals surface area contributed by atoms with Gasteiger partial charge < -0.3 is 4.74 Å². The first-order chi connectivity index (χ1) is 12.3. The van der Waals surface area contributed by atoms with Gasteiger partial charge in [-0.15, -0.1) is 0 Å². The topological polar surface area (TPSA) is 26.3 Å². The Labute approximate surface area is 156 Å². The van der Waals surface area contributed by atoms with E-state index in [9.17, 15) is 4.79 Å². The van der Waals surface area contributed by atoms with Gasteiger partial charge in [-0.1, -0.05) is 90.0 Å². The number of rotatable bonds is 14. The van der Waals surface area contributed by atoms with Crippen LogP contribution in [0, 0.1) is 5.92 Å². The van der Waals surface area contributed by atoms with Crippen LogP contribution < -0.4 is 0 Å². The fraction of sp³-hybridized carbons (Fsp3) is 0.783. The summed E-state index contributed by atoms with van der Waals surface area (Å²) in [4.78, 5) is 11.6. The summed E-state index contributed by atoms with van der Waals surface area (Å²) in [6, 6.07) is 0. The van der Waals surface area contributed by atoms with Gasteiger partial charge >= 0.3 is 5.97 Å². The Morgan fingerprint density at radius 1 is 0.880 bits per heavy atom. The van der Waals surface area contributed by atoms with E-state index in [1.807, 2.05) is 12.2 Å². The fourth-order valence-corrected chi connectivity index (χ4v) is 3.51. The lowest BCUT2D eigenvalue weighted by Gasteiger charge is -2.17. The number of hydrogen-bond donors (Lipinski definition) is 0. The van der Waals surface area contributed by atoms with Crippen LogP contribution in [0.5, 0.6) is 0 Å². The molecule has 0 radical (unpaired) electrons. The second-order valence-electron chi connectivity index (χ2n) is 7.54. The Balaban J connectivity index is 1.87. The molecule has 0 aliphatic heterocycles. The average molecular weight is 349 g/mol. The maximum Gasteiger partial charge on any atom is 0.335 e. The molecule has 1 fully saturated rings. The van der Waals surface area contributed by atoms with Crippen LogP contribution >= 0.6 is 0 Å². The van der Waals surface area contributed by atoms with E-state index in [0.717, 1.165) is 6.42 Å². The minimum Gasteiger partial charge on any atom is -0.432 e. The lowest BCUT2D eigenvalue weighted by molar-refractivity contribution is -0.132. The molecular formula is C23H40O2. The van der Waals surface area contributed by atoms with Gasteiger partial charge in [0.15, 0.2) is 0 Å². The van der Waals surface area contributed by atoms with Crippen LogP contribution in [-0.4, -0.2) is 5.97 Å². The quantitative estimate of drug-likeness (QED) is 0.141. The van der Waals surface area contributed by atoms with Crippen LogP contribution in [0.15, 0.2) is 24.5 Å². The molecule has 25 heavy (non-hydrogen) atoms. The SMILES string of the molecule is CCCCCCCCCCCC/C=C\OC(=O)C=CC1CCCCC1. The molecule has 144 valence electrons. The summed E-state index contributed by atoms with van der Waals surface area (Å²) in [5.41, 5.74) is 0. The van der Waals surface area contributed by atoms with Gasteiger partial charge in [0.2, 0.25) is 0 Å². The summed E-state index contributed by atoms with van der Waals surface area (Å²) in [6.45, 7) is 2.27. The van der Waals surface area contributed by atoms with Crippen LogP contribution in [0.3, 0.4) is 0 Å². The Hall–Kier alpha value is -1.05. The smallest absolute Gasteiger partial charge is 0.335 e. The molecule has 0 amide bonds. The maximum atomic E-state index is 11.6. The molecule has 2 heteroatoms. The van der Waals surface area contributed by atoms with E-state index in [1.165, 1.54) is 96.3 Å². The van der Waals surface area contributed by atoms with Crippen LogP contribution in [0.4, 0.5) is 0 Å². The first-order valence-corrected chi connectivity index (χ1v) is 10.9. The van der Waals surface area contributed by atoms with Crippen LogP contribution in [0.2, 0.25) is 0 Å². The highest BCUT2D eigenvalue weighted by Crippen LogP contribution is 2.24. The van der Waals surface area contributed by atoms with Crippen LogP contribution in [0.1, 0.15) is 110 Å². The molecule has 2 nitrogen and oxygen atoms in total. The molecule has 0 N–H and O–H groups in total. The van der Waals surface area contributed by atoms with E-state index >= 15 is 0 Å². The predicted molar refractivity (Wildman–Crippen MR) is 107 cm³/mol. The zero-order chi connectivity index (χ0) is 18.0. The monoisotopic (exact) mass is 348 g/mol. The molecule has 0 atom stereocenters. The second-order valence-corrected chi connectivity index (χ2v) is 7.54. The number of allylic oxidation sites excluding steroid dienone is 2. The van der Waals surface area contributed by atoms with E-state index in [2.05, 4.69) is 6.92 Å². The van der Waals surface area contributed by atoms with Crippen molar-refractivity contribution in [2.75, 3.05) is 0 Å². The minimum atomic E-state index is -0.232. The Kier molecular flexibility index (Phi) is 14.4. The minimum absolute atomic E-state index is 0.232. The largest absolute Gasteiger partial charge is 0.432 e. The summed E-state index contributed by atoms with van der Waals surface area (Å²) in [7, 11) is 0. The predicted octanol–water partition coefficient (Wildman–Crippen LogP) is 7.49. The molecule has 0 heterocycles. The van der Waals surface area contributed by atoms with Crippen LogP contribution in [0.25, 0.3) is 0 Å². The van der Waals surface area contributed by atoms with Gasteiger partial charge in [0.25, 0.3) is 0 Å². The first-order valence-electron chi connectivity index (χ1n) is 10.9. The van der Waals surface area contributed by atoms with Gasteiger partial charge in [-0.05, 0) is 37.7 Å². The molecule has 1 aliphatic rings. The first kappa shape index (κ1) is 22.0. The highest BCUT2D eigenvalue weighted by atomic mass is 16.5. The van der Waals surface area contributed by atoms with Crippen molar-refractivity contribution >= 4 is 5.97 Å². The van der Waals surface area contributed by atoms with Gasteiger partial charge in [-0.25, -0.2) is 4.79 Å². The summed E-state index contributed by atoms with van der Waals surface area (Å²) in [6.07, 6.45) is 28.1. The molecule has 0 aromatic carbocycles. The highest BCUT2D eigenvalue weighted by Gasteiger charge is 2.10. The third-order valence-electron chi connectivity index (χ3n) is 5.16. The van der Waals surface area contributed by atoms with Gasteiger partial charge in [0.05, 0.1) is 6.26 Å². The summed E-state index contributed by atoms with van der Waals surface area (Å²) >= 11 is 0. The van der Waals surface area contributed by atoms with Gasteiger partial charge in [-0.2, -0.15) is 0 Å². The zero-order valence-electron chi connectivity index (χ0n) is 16.5. The van der Waals surface area contributed by atoms with Gasteiger partial charge in [-0.3, -0.25) is 0 Å². The van der Waals surface area contributed by atoms with Crippen LogP contribution in [-0.2, 0) is 9.53 Å². The fourth-order valence-electron chi connectivity index (χ4n) is 3.51. The summed E-state index contributed by atoms with van der Waals surface area (Å²) < 4.78 is 5.12. The number of esters is 1.